The molecule has 0 atom stereocenters. The second kappa shape index (κ2) is 10.5. The predicted octanol–water partition coefficient (Wildman–Crippen LogP) is 2.43. The summed E-state index contributed by atoms with van der Waals surface area (Å²) in [6.45, 7) is 7.25. The zero-order valence-electron chi connectivity index (χ0n) is 19.4. The predicted molar refractivity (Wildman–Crippen MR) is 125 cm³/mol. The smallest absolute Gasteiger partial charge is 0.272 e. The van der Waals surface area contributed by atoms with Gasteiger partial charge in [-0.1, -0.05) is 20.3 Å². The van der Waals surface area contributed by atoms with Crippen LogP contribution in [0.25, 0.3) is 0 Å². The van der Waals surface area contributed by atoms with Crippen molar-refractivity contribution in [3.63, 3.8) is 0 Å². The molecule has 0 radical (unpaired) electrons. The van der Waals surface area contributed by atoms with Crippen LogP contribution >= 0.6 is 0 Å². The maximum absolute atomic E-state index is 12.7. The highest BCUT2D eigenvalue weighted by Gasteiger charge is 2.18. The fourth-order valence-electron chi connectivity index (χ4n) is 3.80. The second-order valence-electron chi connectivity index (χ2n) is 8.71. The Bertz CT molecular complexity index is 969. The lowest BCUT2D eigenvalue weighted by Crippen LogP contribution is -2.38. The molecule has 174 valence electrons. The van der Waals surface area contributed by atoms with Crippen LogP contribution in [-0.2, 0) is 18.9 Å². The minimum absolute atomic E-state index is 0.110. The van der Waals surface area contributed by atoms with Gasteiger partial charge in [-0.2, -0.15) is 0 Å². The molecule has 3 N–H and O–H groups in total. The number of hydrogen-bond donors (Lipinski definition) is 3. The number of amides is 3. The van der Waals surface area contributed by atoms with Gasteiger partial charge in [-0.25, -0.2) is 0 Å². The van der Waals surface area contributed by atoms with Crippen molar-refractivity contribution in [3.8, 4) is 0 Å². The molecule has 3 amide bonds. The van der Waals surface area contributed by atoms with Crippen molar-refractivity contribution in [3.05, 3.63) is 35.9 Å². The molecule has 1 saturated heterocycles. The van der Waals surface area contributed by atoms with Crippen LogP contribution in [0.1, 0.15) is 54.1 Å². The van der Waals surface area contributed by atoms with E-state index in [1.165, 1.54) is 19.3 Å². The summed E-state index contributed by atoms with van der Waals surface area (Å²) in [4.78, 5) is 39.6. The summed E-state index contributed by atoms with van der Waals surface area (Å²) in [6.07, 6.45) is 7.14. The number of carbonyl (C=O) groups is 3. The minimum Gasteiger partial charge on any atom is -0.349 e. The average molecular weight is 443 g/mol. The lowest BCUT2D eigenvalue weighted by atomic mass is 10.1. The Kier molecular flexibility index (Phi) is 7.74. The number of nitrogens with one attached hydrogen (secondary N) is 3. The summed E-state index contributed by atoms with van der Waals surface area (Å²) in [5.41, 5.74) is 1.99. The number of aromatic nitrogens is 2. The maximum atomic E-state index is 12.7. The van der Waals surface area contributed by atoms with E-state index in [2.05, 4.69) is 20.9 Å². The zero-order valence-corrected chi connectivity index (χ0v) is 19.4. The Morgan fingerprint density at radius 2 is 1.44 bits per heavy atom. The van der Waals surface area contributed by atoms with Gasteiger partial charge >= 0.3 is 0 Å². The molecule has 1 fully saturated rings. The molecule has 0 aromatic carbocycles. The number of aryl methyl sites for hydroxylation is 2. The van der Waals surface area contributed by atoms with E-state index in [0.29, 0.717) is 29.3 Å². The molecule has 32 heavy (non-hydrogen) atoms. The third-order valence-electron chi connectivity index (χ3n) is 5.69. The first-order chi connectivity index (χ1) is 15.2. The van der Waals surface area contributed by atoms with E-state index in [4.69, 9.17) is 0 Å². The van der Waals surface area contributed by atoms with Crippen LogP contribution in [0.3, 0.4) is 0 Å². The van der Waals surface area contributed by atoms with E-state index in [1.54, 1.807) is 47.8 Å². The van der Waals surface area contributed by atoms with Gasteiger partial charge in [-0.05, 0) is 38.1 Å². The number of likely N-dealkylation sites (tertiary alicyclic amines) is 1. The average Bonchev–Trinajstić information content (AvgIpc) is 3.30. The molecule has 1 aliphatic heterocycles. The van der Waals surface area contributed by atoms with Gasteiger partial charge in [0.2, 0.25) is 5.91 Å². The lowest BCUT2D eigenvalue weighted by molar-refractivity contribution is -0.118. The number of nitrogens with zero attached hydrogens (tertiary/aromatic N) is 3. The van der Waals surface area contributed by atoms with Crippen molar-refractivity contribution >= 4 is 29.1 Å². The fourth-order valence-corrected chi connectivity index (χ4v) is 3.80. The summed E-state index contributed by atoms with van der Waals surface area (Å²) < 4.78 is 3.35. The molecule has 1 aliphatic rings. The molecule has 3 rings (SSSR count). The van der Waals surface area contributed by atoms with Crippen molar-refractivity contribution in [1.29, 1.82) is 0 Å². The normalized spacial score (nSPS) is 14.4. The molecule has 2 aromatic rings. The third kappa shape index (κ3) is 6.00. The summed E-state index contributed by atoms with van der Waals surface area (Å²) in [7, 11) is 3.52. The molecule has 0 saturated carbocycles. The molecule has 2 aromatic heterocycles. The number of hydrogen-bond acceptors (Lipinski definition) is 4. The van der Waals surface area contributed by atoms with Crippen LogP contribution < -0.4 is 16.0 Å². The summed E-state index contributed by atoms with van der Waals surface area (Å²) in [5.74, 6) is -0.745. The van der Waals surface area contributed by atoms with E-state index in [0.717, 1.165) is 19.6 Å². The van der Waals surface area contributed by atoms with Crippen molar-refractivity contribution in [2.45, 2.75) is 33.1 Å². The quantitative estimate of drug-likeness (QED) is 0.585. The summed E-state index contributed by atoms with van der Waals surface area (Å²) >= 11 is 0. The lowest BCUT2D eigenvalue weighted by Gasteiger charge is -2.26. The second-order valence-corrected chi connectivity index (χ2v) is 8.71. The molecule has 0 aliphatic carbocycles. The summed E-state index contributed by atoms with van der Waals surface area (Å²) in [5, 5.41) is 8.59. The highest BCUT2D eigenvalue weighted by molar-refractivity contribution is 6.05. The molecule has 0 spiro atoms. The Morgan fingerprint density at radius 3 is 2.03 bits per heavy atom. The van der Waals surface area contributed by atoms with Crippen molar-refractivity contribution in [2.75, 3.05) is 36.8 Å². The molecule has 3 heterocycles. The first-order valence-electron chi connectivity index (χ1n) is 11.2. The molecular weight excluding hydrogens is 408 g/mol. The van der Waals surface area contributed by atoms with Crippen LogP contribution in [0, 0.1) is 5.92 Å². The SMILES string of the molecule is CC(C)C(=O)Nc1cc(C(=O)Nc2cc(C(=O)NCCN3CCCCC3)n(C)c2)n(C)c1. The van der Waals surface area contributed by atoms with Gasteiger partial charge in [0.15, 0.2) is 0 Å². The Labute approximate surface area is 189 Å². The van der Waals surface area contributed by atoms with Gasteiger partial charge in [0.1, 0.15) is 11.4 Å². The number of anilines is 2. The van der Waals surface area contributed by atoms with Gasteiger partial charge < -0.3 is 30.0 Å². The summed E-state index contributed by atoms with van der Waals surface area (Å²) in [6, 6.07) is 3.30. The van der Waals surface area contributed by atoms with E-state index in [1.807, 2.05) is 13.8 Å². The van der Waals surface area contributed by atoms with E-state index >= 15 is 0 Å². The third-order valence-corrected chi connectivity index (χ3v) is 5.69. The van der Waals surface area contributed by atoms with E-state index in [-0.39, 0.29) is 23.6 Å². The van der Waals surface area contributed by atoms with E-state index < -0.39 is 0 Å². The van der Waals surface area contributed by atoms with Crippen molar-refractivity contribution in [2.24, 2.45) is 20.0 Å². The molecule has 9 nitrogen and oxygen atoms in total. The first-order valence-corrected chi connectivity index (χ1v) is 11.2. The van der Waals surface area contributed by atoms with Crippen molar-refractivity contribution in [1.82, 2.24) is 19.4 Å². The topological polar surface area (TPSA) is 100 Å². The first kappa shape index (κ1) is 23.6. The zero-order chi connectivity index (χ0) is 23.3. The largest absolute Gasteiger partial charge is 0.349 e. The van der Waals surface area contributed by atoms with Gasteiger partial charge in [0, 0.05) is 45.5 Å². The number of piperidine rings is 1. The van der Waals surface area contributed by atoms with Gasteiger partial charge in [0.05, 0.1) is 11.4 Å². The van der Waals surface area contributed by atoms with Crippen LogP contribution in [-0.4, -0.2) is 57.9 Å². The van der Waals surface area contributed by atoms with Crippen LogP contribution in [0.15, 0.2) is 24.5 Å². The Hall–Kier alpha value is -3.07. The highest BCUT2D eigenvalue weighted by Crippen LogP contribution is 2.18. The standard InChI is InChI=1S/C23H34N6O3/c1-16(2)21(30)25-17-13-20(28(4)14-17)23(32)26-18-12-19(27(3)15-18)22(31)24-8-11-29-9-6-5-7-10-29/h12-16H,5-11H2,1-4H3,(H,24,31)(H,25,30)(H,26,32). The molecular formula is C23H34N6O3. The minimum atomic E-state index is -0.319. The van der Waals surface area contributed by atoms with Gasteiger partial charge in [-0.3, -0.25) is 14.4 Å². The van der Waals surface area contributed by atoms with Crippen molar-refractivity contribution < 1.29 is 14.4 Å². The molecule has 0 unspecified atom stereocenters. The molecule has 9 heteroatoms. The van der Waals surface area contributed by atoms with Gasteiger partial charge in [0.25, 0.3) is 11.8 Å². The van der Waals surface area contributed by atoms with Crippen LogP contribution in [0.5, 0.6) is 0 Å². The van der Waals surface area contributed by atoms with E-state index in [9.17, 15) is 14.4 Å². The Balaban J connectivity index is 1.57. The maximum Gasteiger partial charge on any atom is 0.272 e. The van der Waals surface area contributed by atoms with Gasteiger partial charge in [-0.15, -0.1) is 0 Å². The fraction of sp³-hybridized carbons (Fsp3) is 0.522. The number of carbonyl (C=O) groups excluding carboxylic acids is 3. The van der Waals surface area contributed by atoms with Crippen LogP contribution in [0.2, 0.25) is 0 Å². The number of rotatable bonds is 8. The monoisotopic (exact) mass is 442 g/mol. The molecule has 0 bridgehead atoms. The Morgan fingerprint density at radius 1 is 0.875 bits per heavy atom. The van der Waals surface area contributed by atoms with Crippen LogP contribution in [0.4, 0.5) is 11.4 Å². The highest BCUT2D eigenvalue weighted by atomic mass is 16.2.